The van der Waals surface area contributed by atoms with Gasteiger partial charge >= 0.3 is 5.97 Å². The predicted molar refractivity (Wildman–Crippen MR) is 221 cm³/mol. The van der Waals surface area contributed by atoms with Crippen molar-refractivity contribution in [3.8, 4) is 23.0 Å². The van der Waals surface area contributed by atoms with Crippen LogP contribution in [0.25, 0.3) is 11.1 Å². The number of aromatic nitrogens is 2. The van der Waals surface area contributed by atoms with E-state index in [2.05, 4.69) is 0 Å². The molecule has 2 aromatic heterocycles. The number of carbonyl (C=O) groups is 1. The molecule has 2 atom stereocenters. The van der Waals surface area contributed by atoms with Crippen LogP contribution in [0.1, 0.15) is 65.0 Å². The van der Waals surface area contributed by atoms with Crippen LogP contribution < -0.4 is 24.7 Å². The van der Waals surface area contributed by atoms with Crippen LogP contribution in [0.15, 0.2) is 96.6 Å². The Hall–Kier alpha value is -6.63. The summed E-state index contributed by atoms with van der Waals surface area (Å²) >= 11 is 0. The Morgan fingerprint density at radius 1 is 0.690 bits per heavy atom. The topological polar surface area (TPSA) is 151 Å². The van der Waals surface area contributed by atoms with Crippen molar-refractivity contribution in [2.24, 2.45) is 11.8 Å². The quantitative estimate of drug-likeness (QED) is 0.0490. The van der Waals surface area contributed by atoms with Gasteiger partial charge in [-0.1, -0.05) is 36.4 Å². The summed E-state index contributed by atoms with van der Waals surface area (Å²) in [6, 6.07) is 15.1. The first-order valence-electron chi connectivity index (χ1n) is 19.5. The number of esters is 1. The minimum atomic E-state index is -0.380. The first-order chi connectivity index (χ1) is 28.2. The molecule has 4 aliphatic rings. The fourth-order valence-electron chi connectivity index (χ4n) is 8.23. The average molecular weight is 786 g/mol. The summed E-state index contributed by atoms with van der Waals surface area (Å²) in [5.41, 5.74) is 14.2. The molecular formula is C45H47N5O8. The molecule has 8 rings (SSSR count). The van der Waals surface area contributed by atoms with E-state index in [9.17, 15) is 15.2 Å². The molecule has 0 fully saturated rings. The Morgan fingerprint density at radius 3 is 1.60 bits per heavy atom. The number of methoxy groups -OCH3 is 3. The van der Waals surface area contributed by atoms with Crippen molar-refractivity contribution in [2.75, 3.05) is 40.3 Å². The van der Waals surface area contributed by atoms with Gasteiger partial charge in [-0.15, -0.1) is 0 Å². The molecule has 0 saturated carbocycles. The Morgan fingerprint density at radius 2 is 1.16 bits per heavy atom. The SMILES string of the molecule is COC(=O)c1ccc(C2=CC=C3C(C2)Cn2cc(OCCCCCOc4cn5c(c4OC)C=[N+]([O-])C4=CC=C(c6ccc(N)cc6)CC4C5)c(OC)c2C=[N+]3[O-])cc1. The highest BCUT2D eigenvalue weighted by molar-refractivity contribution is 5.90. The lowest BCUT2D eigenvalue weighted by atomic mass is 9.87. The third-order valence-electron chi connectivity index (χ3n) is 11.3. The van der Waals surface area contributed by atoms with Gasteiger partial charge in [0.1, 0.15) is 0 Å². The van der Waals surface area contributed by atoms with E-state index in [0.29, 0.717) is 84.1 Å². The second-order valence-electron chi connectivity index (χ2n) is 14.9. The number of nitrogens with zero attached hydrogens (tertiary/aromatic N) is 4. The Balaban J connectivity index is 0.848. The van der Waals surface area contributed by atoms with Crippen molar-refractivity contribution in [3.63, 3.8) is 0 Å². The molecule has 4 aromatic rings. The summed E-state index contributed by atoms with van der Waals surface area (Å²) in [4.78, 5) is 11.9. The van der Waals surface area contributed by atoms with Gasteiger partial charge in [0, 0.05) is 30.9 Å². The Labute approximate surface area is 337 Å². The molecule has 2 aromatic carbocycles. The molecule has 2 aliphatic heterocycles. The average Bonchev–Trinajstić information content (AvgIpc) is 3.64. The Kier molecular flexibility index (Phi) is 10.9. The van der Waals surface area contributed by atoms with E-state index in [1.54, 1.807) is 38.8 Å². The smallest absolute Gasteiger partial charge is 0.337 e. The van der Waals surface area contributed by atoms with Crippen LogP contribution in [0, 0.1) is 22.3 Å². The molecule has 13 nitrogen and oxygen atoms in total. The highest BCUT2D eigenvalue weighted by Gasteiger charge is 2.34. The van der Waals surface area contributed by atoms with E-state index >= 15 is 0 Å². The number of ether oxygens (including phenoxy) is 5. The van der Waals surface area contributed by atoms with Crippen LogP contribution in [0.5, 0.6) is 23.0 Å². The fraction of sp³-hybridized carbons (Fsp3) is 0.311. The van der Waals surface area contributed by atoms with Gasteiger partial charge in [-0.05, 0) is 78.6 Å². The standard InChI is InChI=1S/C45H47N5O8/c1-54-43-39-25-49(52)37-17-13-32(29-7-9-31(10-8-29)45(51)56-3)21-34(37)23-47(39)27-41(43)57-19-5-4-6-20-58-42-28-48-24-35-22-33(30-11-15-36(46)16-12-30)14-18-38(35)50(53)26-40(48)44(42)55-2/h7-18,25-28,34-35H,4-6,19-24,46H2,1-3H3. The van der Waals surface area contributed by atoms with E-state index in [-0.39, 0.29) is 17.8 Å². The van der Waals surface area contributed by atoms with Crippen molar-refractivity contribution < 1.29 is 38.0 Å². The maximum atomic E-state index is 13.4. The molecule has 4 heterocycles. The molecule has 0 amide bonds. The van der Waals surface area contributed by atoms with Gasteiger partial charge in [-0.3, -0.25) is 0 Å². The van der Waals surface area contributed by atoms with Crippen LogP contribution in [0.4, 0.5) is 5.69 Å². The lowest BCUT2D eigenvalue weighted by Gasteiger charge is -2.22. The van der Waals surface area contributed by atoms with Crippen LogP contribution in [-0.2, 0) is 17.8 Å². The molecule has 58 heavy (non-hydrogen) atoms. The monoisotopic (exact) mass is 785 g/mol. The summed E-state index contributed by atoms with van der Waals surface area (Å²) in [5, 5.41) is 26.7. The summed E-state index contributed by atoms with van der Waals surface area (Å²) in [6.07, 6.45) is 18.6. The number of carbonyl (C=O) groups excluding carboxylic acids is 1. The number of hydroxylamine groups is 2. The molecule has 0 saturated heterocycles. The van der Waals surface area contributed by atoms with Gasteiger partial charge in [0.15, 0.2) is 45.8 Å². The van der Waals surface area contributed by atoms with Gasteiger partial charge in [-0.25, -0.2) is 4.79 Å². The van der Waals surface area contributed by atoms with Crippen molar-refractivity contribution in [2.45, 2.75) is 45.2 Å². The van der Waals surface area contributed by atoms with Gasteiger partial charge in [0.2, 0.25) is 12.4 Å². The van der Waals surface area contributed by atoms with Crippen LogP contribution in [0.3, 0.4) is 0 Å². The molecule has 13 heteroatoms. The van der Waals surface area contributed by atoms with Crippen molar-refractivity contribution in [1.82, 2.24) is 9.13 Å². The normalized spacial score (nSPS) is 18.2. The summed E-state index contributed by atoms with van der Waals surface area (Å²) in [5.74, 6) is 1.80. The zero-order valence-corrected chi connectivity index (χ0v) is 32.9. The second-order valence-corrected chi connectivity index (χ2v) is 14.9. The van der Waals surface area contributed by atoms with Gasteiger partial charge in [-0.2, -0.15) is 9.48 Å². The van der Waals surface area contributed by atoms with Gasteiger partial charge < -0.3 is 49.0 Å². The summed E-state index contributed by atoms with van der Waals surface area (Å²) in [7, 11) is 4.54. The summed E-state index contributed by atoms with van der Waals surface area (Å²) in [6.45, 7) is 2.12. The number of hydrogen-bond donors (Lipinski definition) is 1. The number of allylic oxidation sites excluding steroid dienone is 8. The third kappa shape index (κ3) is 7.59. The molecule has 300 valence electrons. The maximum absolute atomic E-state index is 13.4. The zero-order chi connectivity index (χ0) is 40.3. The fourth-order valence-corrected chi connectivity index (χ4v) is 8.23. The first kappa shape index (κ1) is 38.3. The minimum Gasteiger partial charge on any atom is -0.618 e. The van der Waals surface area contributed by atoms with Crippen LogP contribution in [-0.4, -0.2) is 71.6 Å². The molecule has 0 spiro atoms. The van der Waals surface area contributed by atoms with Crippen molar-refractivity contribution >= 4 is 35.2 Å². The number of rotatable bonds is 13. The number of anilines is 1. The molecule has 2 unspecified atom stereocenters. The van der Waals surface area contributed by atoms with Gasteiger partial charge in [0.05, 0.1) is 64.3 Å². The molecule has 2 N–H and O–H groups in total. The largest absolute Gasteiger partial charge is 0.618 e. The van der Waals surface area contributed by atoms with Crippen molar-refractivity contribution in [3.05, 3.63) is 135 Å². The zero-order valence-electron chi connectivity index (χ0n) is 32.9. The number of unbranched alkanes of at least 4 members (excludes halogenated alkanes) is 2. The number of nitrogen functional groups attached to an aromatic ring is 1. The van der Waals surface area contributed by atoms with Crippen molar-refractivity contribution in [1.29, 1.82) is 0 Å². The maximum Gasteiger partial charge on any atom is 0.337 e. The highest BCUT2D eigenvalue weighted by atomic mass is 16.5. The number of benzene rings is 2. The molecule has 2 aliphatic carbocycles. The summed E-state index contributed by atoms with van der Waals surface area (Å²) < 4.78 is 34.7. The molecule has 0 bridgehead atoms. The first-order valence-corrected chi connectivity index (χ1v) is 19.5. The van der Waals surface area contributed by atoms with Gasteiger partial charge in [0.25, 0.3) is 0 Å². The lowest BCUT2D eigenvalue weighted by Crippen LogP contribution is -2.19. The molecule has 0 radical (unpaired) electrons. The number of fused-ring (bicyclic) bond motifs is 4. The van der Waals surface area contributed by atoms with Crippen LogP contribution in [0.2, 0.25) is 0 Å². The van der Waals surface area contributed by atoms with E-state index in [4.69, 9.17) is 29.4 Å². The van der Waals surface area contributed by atoms with E-state index < -0.39 is 0 Å². The van der Waals surface area contributed by atoms with E-state index in [1.807, 2.05) is 82.2 Å². The van der Waals surface area contributed by atoms with E-state index in [0.717, 1.165) is 63.1 Å². The lowest BCUT2D eigenvalue weighted by molar-refractivity contribution is -0.404. The number of nitrogens with two attached hydrogens (primary N) is 1. The highest BCUT2D eigenvalue weighted by Crippen LogP contribution is 2.41. The predicted octanol–water partition coefficient (Wildman–Crippen LogP) is 7.16. The Bertz CT molecular complexity index is 2390. The minimum absolute atomic E-state index is 0.0132. The van der Waals surface area contributed by atoms with E-state index in [1.165, 1.54) is 7.11 Å². The second kappa shape index (κ2) is 16.5. The third-order valence-corrected chi connectivity index (χ3v) is 11.3. The van der Waals surface area contributed by atoms with Crippen LogP contribution >= 0.6 is 0 Å². The molecular weight excluding hydrogens is 739 g/mol. The number of hydrogen-bond acceptors (Lipinski definition) is 9.